The zero-order valence-electron chi connectivity index (χ0n) is 20.5. The molecule has 1 saturated heterocycles. The van der Waals surface area contributed by atoms with E-state index in [2.05, 4.69) is 54.7 Å². The number of nitrogens with one attached hydrogen (secondary N) is 1. The van der Waals surface area contributed by atoms with Gasteiger partial charge in [0.25, 0.3) is 0 Å². The van der Waals surface area contributed by atoms with Gasteiger partial charge in [0.2, 0.25) is 0 Å². The van der Waals surface area contributed by atoms with Gasteiger partial charge in [0.1, 0.15) is 6.73 Å². The molecule has 36 heavy (non-hydrogen) atoms. The maximum atomic E-state index is 6.39. The summed E-state index contributed by atoms with van der Waals surface area (Å²) in [7, 11) is 1.68. The third kappa shape index (κ3) is 8.87. The molecular formula is C27H31ClN4O2S2. The Kier molecular flexibility index (Phi) is 12.2. The summed E-state index contributed by atoms with van der Waals surface area (Å²) in [6.45, 7) is 8.30. The number of benzene rings is 3. The van der Waals surface area contributed by atoms with Crippen LogP contribution in [0.2, 0.25) is 5.02 Å². The van der Waals surface area contributed by atoms with Crippen LogP contribution in [0.25, 0.3) is 0 Å². The number of anilines is 2. The van der Waals surface area contributed by atoms with E-state index in [1.165, 1.54) is 0 Å². The fraction of sp³-hybridized carbons (Fsp3) is 0.259. The number of methoxy groups -OCH3 is 1. The van der Waals surface area contributed by atoms with Crippen LogP contribution in [0.15, 0.2) is 81.6 Å². The van der Waals surface area contributed by atoms with Crippen LogP contribution in [0.1, 0.15) is 18.1 Å². The van der Waals surface area contributed by atoms with E-state index in [1.807, 2.05) is 55.6 Å². The Morgan fingerprint density at radius 3 is 2.67 bits per heavy atom. The third-order valence-electron chi connectivity index (χ3n) is 5.03. The fourth-order valence-electron chi connectivity index (χ4n) is 3.08. The van der Waals surface area contributed by atoms with Crippen molar-refractivity contribution in [2.75, 3.05) is 41.8 Å². The third-order valence-corrected chi connectivity index (χ3v) is 7.22. The minimum atomic E-state index is 0.481. The van der Waals surface area contributed by atoms with Gasteiger partial charge in [0.15, 0.2) is 0 Å². The fourth-order valence-corrected chi connectivity index (χ4v) is 4.73. The summed E-state index contributed by atoms with van der Waals surface area (Å²) in [4.78, 5) is 9.69. The molecular weight excluding hydrogens is 512 g/mol. The van der Waals surface area contributed by atoms with Crippen molar-refractivity contribution < 1.29 is 9.47 Å². The highest BCUT2D eigenvalue weighted by molar-refractivity contribution is 8.00. The lowest BCUT2D eigenvalue weighted by molar-refractivity contribution is 0.154. The Hall–Kier alpha value is -2.49. The largest absolute Gasteiger partial charge is 0.385 e. The Bertz CT molecular complexity index is 1120. The standard InChI is InChI=1S/C24H23ClN4OS2.C3H8O/c1-26-24-5-3-2-4-18(24)15-27-16-19-14-20(6-11-23(19)25)28-32-22-9-7-21(8-10-22)29-17-30-12-13-31-29;1-3-4-2/h2-11,14-15,28H,1,12-13,16-17H2;3H2,1-2H3. The first kappa shape index (κ1) is 28.1. The maximum absolute atomic E-state index is 6.39. The quantitative estimate of drug-likeness (QED) is 0.223. The van der Waals surface area contributed by atoms with Crippen LogP contribution in [0.4, 0.5) is 17.1 Å². The van der Waals surface area contributed by atoms with Crippen molar-refractivity contribution >= 4 is 65.5 Å². The van der Waals surface area contributed by atoms with E-state index in [-0.39, 0.29) is 0 Å². The number of hydrogen-bond donors (Lipinski definition) is 1. The van der Waals surface area contributed by atoms with Crippen molar-refractivity contribution in [3.63, 3.8) is 0 Å². The number of nitrogens with zero attached hydrogens (tertiary/aromatic N) is 3. The highest BCUT2D eigenvalue weighted by atomic mass is 35.5. The second-order valence-corrected chi connectivity index (χ2v) is 9.91. The molecule has 1 aliphatic heterocycles. The van der Waals surface area contributed by atoms with Crippen LogP contribution in [-0.2, 0) is 16.0 Å². The summed E-state index contributed by atoms with van der Waals surface area (Å²) in [6, 6.07) is 22.1. The second kappa shape index (κ2) is 15.6. The van der Waals surface area contributed by atoms with E-state index < -0.39 is 0 Å². The van der Waals surface area contributed by atoms with Gasteiger partial charge >= 0.3 is 0 Å². The molecule has 0 saturated carbocycles. The Morgan fingerprint density at radius 2 is 1.97 bits per heavy atom. The van der Waals surface area contributed by atoms with Gasteiger partial charge in [-0.15, -0.1) is 0 Å². The monoisotopic (exact) mass is 542 g/mol. The molecule has 4 rings (SSSR count). The molecule has 0 atom stereocenters. The first-order valence-electron chi connectivity index (χ1n) is 11.5. The molecule has 1 heterocycles. The number of rotatable bonds is 9. The van der Waals surface area contributed by atoms with Crippen LogP contribution >= 0.6 is 35.5 Å². The normalized spacial score (nSPS) is 13.2. The van der Waals surface area contributed by atoms with Crippen molar-refractivity contribution in [3.05, 3.63) is 82.9 Å². The summed E-state index contributed by atoms with van der Waals surface area (Å²) in [5.74, 6) is 0.985. The second-order valence-electron chi connectivity index (χ2n) is 7.52. The van der Waals surface area contributed by atoms with Crippen molar-refractivity contribution in [3.8, 4) is 0 Å². The predicted octanol–water partition coefficient (Wildman–Crippen LogP) is 7.51. The molecule has 6 nitrogen and oxygen atoms in total. The van der Waals surface area contributed by atoms with Gasteiger partial charge in [-0.2, -0.15) is 0 Å². The number of halogens is 1. The van der Waals surface area contributed by atoms with E-state index >= 15 is 0 Å². The minimum absolute atomic E-state index is 0.481. The highest BCUT2D eigenvalue weighted by Gasteiger charge is 2.12. The summed E-state index contributed by atoms with van der Waals surface area (Å²) in [5, 5.41) is 0.693. The summed E-state index contributed by atoms with van der Waals surface area (Å²) < 4.78 is 15.6. The first-order chi connectivity index (χ1) is 17.6. The lowest BCUT2D eigenvalue weighted by Crippen LogP contribution is -2.25. The lowest BCUT2D eigenvalue weighted by Gasteiger charge is -2.27. The number of ether oxygens (including phenoxy) is 2. The number of para-hydroxylation sites is 1. The SMILES string of the molecule is C=Nc1ccccc1C=NCc1cc(NSc2ccc(N3COCCS3)cc2)ccc1Cl.CCOC. The summed E-state index contributed by atoms with van der Waals surface area (Å²) >= 11 is 9.75. The van der Waals surface area contributed by atoms with Crippen molar-refractivity contribution in [1.29, 1.82) is 0 Å². The van der Waals surface area contributed by atoms with Gasteiger partial charge < -0.3 is 14.2 Å². The molecule has 0 aliphatic carbocycles. The van der Waals surface area contributed by atoms with E-state index in [4.69, 9.17) is 16.3 Å². The molecule has 0 amide bonds. The highest BCUT2D eigenvalue weighted by Crippen LogP contribution is 2.29. The zero-order valence-corrected chi connectivity index (χ0v) is 22.9. The molecule has 190 valence electrons. The van der Waals surface area contributed by atoms with Crippen LogP contribution < -0.4 is 9.03 Å². The van der Waals surface area contributed by atoms with Crippen molar-refractivity contribution in [2.45, 2.75) is 18.4 Å². The topological polar surface area (TPSA) is 58.5 Å². The van der Waals surface area contributed by atoms with E-state index in [0.717, 1.165) is 52.1 Å². The smallest absolute Gasteiger partial charge is 0.129 e. The van der Waals surface area contributed by atoms with E-state index in [0.29, 0.717) is 18.3 Å². The van der Waals surface area contributed by atoms with Crippen molar-refractivity contribution in [2.24, 2.45) is 9.98 Å². The maximum Gasteiger partial charge on any atom is 0.129 e. The average molecular weight is 543 g/mol. The predicted molar refractivity (Wildman–Crippen MR) is 158 cm³/mol. The molecule has 0 bridgehead atoms. The Labute approximate surface area is 227 Å². The Morgan fingerprint density at radius 1 is 1.19 bits per heavy atom. The van der Waals surface area contributed by atoms with E-state index in [9.17, 15) is 0 Å². The van der Waals surface area contributed by atoms with Crippen LogP contribution in [-0.4, -0.2) is 45.7 Å². The summed E-state index contributed by atoms with van der Waals surface area (Å²) in [5.41, 5.74) is 4.82. The molecule has 0 radical (unpaired) electrons. The number of hydrogen-bond acceptors (Lipinski definition) is 8. The Balaban J connectivity index is 0.000000840. The molecule has 1 fully saturated rings. The van der Waals surface area contributed by atoms with Gasteiger partial charge in [-0.25, -0.2) is 0 Å². The summed E-state index contributed by atoms with van der Waals surface area (Å²) in [6.07, 6.45) is 1.81. The minimum Gasteiger partial charge on any atom is -0.385 e. The molecule has 9 heteroatoms. The molecule has 3 aromatic carbocycles. The molecule has 3 aromatic rings. The van der Waals surface area contributed by atoms with Crippen LogP contribution in [0.5, 0.6) is 0 Å². The first-order valence-corrected chi connectivity index (χ1v) is 13.6. The molecule has 1 N–H and O–H groups in total. The molecule has 1 aliphatic rings. The lowest BCUT2D eigenvalue weighted by atomic mass is 10.2. The van der Waals surface area contributed by atoms with Gasteiger partial charge in [-0.3, -0.25) is 14.3 Å². The van der Waals surface area contributed by atoms with E-state index in [1.54, 1.807) is 31.0 Å². The van der Waals surface area contributed by atoms with Gasteiger partial charge in [0, 0.05) is 52.5 Å². The van der Waals surface area contributed by atoms with Crippen LogP contribution in [0, 0.1) is 0 Å². The van der Waals surface area contributed by atoms with Gasteiger partial charge in [-0.05, 0) is 91.6 Å². The zero-order chi connectivity index (χ0) is 25.6. The molecule has 0 spiro atoms. The van der Waals surface area contributed by atoms with Gasteiger partial charge in [0.05, 0.1) is 18.8 Å². The van der Waals surface area contributed by atoms with Crippen LogP contribution in [0.3, 0.4) is 0 Å². The van der Waals surface area contributed by atoms with Crippen molar-refractivity contribution in [1.82, 2.24) is 0 Å². The van der Waals surface area contributed by atoms with Gasteiger partial charge in [-0.1, -0.05) is 29.8 Å². The molecule has 0 unspecified atom stereocenters. The average Bonchev–Trinajstić information content (AvgIpc) is 2.94. The number of aliphatic imine (C=N–C) groups is 2. The molecule has 0 aromatic heterocycles.